The van der Waals surface area contributed by atoms with E-state index in [0.717, 1.165) is 24.0 Å². The molecule has 5 heteroatoms. The van der Waals surface area contributed by atoms with Crippen molar-refractivity contribution in [1.82, 2.24) is 9.78 Å². The number of para-hydroxylation sites is 1. The van der Waals surface area contributed by atoms with Crippen molar-refractivity contribution in [3.05, 3.63) is 30.6 Å². The van der Waals surface area contributed by atoms with E-state index in [1.807, 2.05) is 29.1 Å². The van der Waals surface area contributed by atoms with Gasteiger partial charge in [0, 0.05) is 24.4 Å². The maximum absolute atomic E-state index is 5.97. The number of nitrogens with zero attached hydrogens (tertiary/aromatic N) is 2. The average Bonchev–Trinajstić information content (AvgIpc) is 3.15. The number of aromatic nitrogens is 2. The smallest absolute Gasteiger partial charge is 0.149 e. The summed E-state index contributed by atoms with van der Waals surface area (Å²) in [5.41, 5.74) is 8.59. The summed E-state index contributed by atoms with van der Waals surface area (Å²) >= 11 is 0. The van der Waals surface area contributed by atoms with Gasteiger partial charge in [0.05, 0.1) is 31.1 Å². The molecule has 0 aliphatic heterocycles. The molecule has 0 saturated heterocycles. The first kappa shape index (κ1) is 13.9. The minimum atomic E-state index is 0.250. The molecule has 21 heavy (non-hydrogen) atoms. The number of benzene rings is 1. The summed E-state index contributed by atoms with van der Waals surface area (Å²) in [6, 6.07) is 6.08. The number of methoxy groups -OCH3 is 2. The van der Waals surface area contributed by atoms with Crippen LogP contribution in [0.15, 0.2) is 30.6 Å². The molecule has 112 valence electrons. The molecule has 0 bridgehead atoms. The number of nitrogen functional groups attached to an aromatic ring is 1. The van der Waals surface area contributed by atoms with Gasteiger partial charge in [0.1, 0.15) is 5.75 Å². The van der Waals surface area contributed by atoms with Crippen LogP contribution in [0.1, 0.15) is 25.3 Å². The average molecular weight is 287 g/mol. The lowest BCUT2D eigenvalue weighted by atomic mass is 10.1. The number of hydrogen-bond donors (Lipinski definition) is 1. The standard InChI is InChI=1S/C16H21N3O2/c1-20-15-8-4-7-14(15)19-10-11(9-18-19)12-5-3-6-13(17)16(12)21-2/h3,5-6,9-10,14-15H,4,7-8,17H2,1-2H3/t14-,15-/m1/s1. The molecule has 1 saturated carbocycles. The lowest BCUT2D eigenvalue weighted by Gasteiger charge is -2.18. The molecule has 0 spiro atoms. The van der Waals surface area contributed by atoms with Gasteiger partial charge in [-0.3, -0.25) is 4.68 Å². The predicted octanol–water partition coefficient (Wildman–Crippen LogP) is 2.88. The van der Waals surface area contributed by atoms with Crippen molar-refractivity contribution in [1.29, 1.82) is 0 Å². The zero-order chi connectivity index (χ0) is 14.8. The van der Waals surface area contributed by atoms with E-state index in [1.165, 1.54) is 6.42 Å². The van der Waals surface area contributed by atoms with E-state index in [1.54, 1.807) is 14.2 Å². The molecule has 2 atom stereocenters. The second-order valence-corrected chi connectivity index (χ2v) is 5.41. The first-order chi connectivity index (χ1) is 10.2. The summed E-state index contributed by atoms with van der Waals surface area (Å²) in [4.78, 5) is 0. The first-order valence-electron chi connectivity index (χ1n) is 7.24. The third-order valence-corrected chi connectivity index (χ3v) is 4.22. The molecule has 2 N–H and O–H groups in total. The highest BCUT2D eigenvalue weighted by Crippen LogP contribution is 2.36. The Morgan fingerprint density at radius 2 is 2.14 bits per heavy atom. The molecule has 1 aliphatic rings. The molecule has 1 heterocycles. The summed E-state index contributed by atoms with van der Waals surface area (Å²) in [6.45, 7) is 0. The Kier molecular flexibility index (Phi) is 3.84. The Balaban J connectivity index is 1.94. The van der Waals surface area contributed by atoms with E-state index in [2.05, 4.69) is 11.3 Å². The normalized spacial score (nSPS) is 21.6. The number of anilines is 1. The Bertz CT molecular complexity index is 624. The maximum atomic E-state index is 5.97. The van der Waals surface area contributed by atoms with Crippen LogP contribution in [0.2, 0.25) is 0 Å². The van der Waals surface area contributed by atoms with Crippen molar-refractivity contribution in [2.45, 2.75) is 31.4 Å². The fraction of sp³-hybridized carbons (Fsp3) is 0.438. The van der Waals surface area contributed by atoms with Crippen molar-refractivity contribution in [2.24, 2.45) is 0 Å². The molecule has 1 aliphatic carbocycles. The first-order valence-corrected chi connectivity index (χ1v) is 7.24. The lowest BCUT2D eigenvalue weighted by Crippen LogP contribution is -2.20. The molecule has 0 unspecified atom stereocenters. The lowest BCUT2D eigenvalue weighted by molar-refractivity contribution is 0.0709. The highest BCUT2D eigenvalue weighted by Gasteiger charge is 2.29. The van der Waals surface area contributed by atoms with E-state index >= 15 is 0 Å². The largest absolute Gasteiger partial charge is 0.494 e. The molecule has 2 aromatic rings. The van der Waals surface area contributed by atoms with Gasteiger partial charge < -0.3 is 15.2 Å². The molecule has 1 aromatic carbocycles. The third-order valence-electron chi connectivity index (χ3n) is 4.22. The third kappa shape index (κ3) is 2.49. The summed E-state index contributed by atoms with van der Waals surface area (Å²) < 4.78 is 13.0. The van der Waals surface area contributed by atoms with E-state index in [4.69, 9.17) is 15.2 Å². The highest BCUT2D eigenvalue weighted by molar-refractivity contribution is 5.76. The molecular formula is C16H21N3O2. The summed E-state index contributed by atoms with van der Waals surface area (Å²) in [6.07, 6.45) is 7.55. The Hall–Kier alpha value is -2.01. The monoisotopic (exact) mass is 287 g/mol. The van der Waals surface area contributed by atoms with Crippen molar-refractivity contribution >= 4 is 5.69 Å². The van der Waals surface area contributed by atoms with Gasteiger partial charge in [0.2, 0.25) is 0 Å². The highest BCUT2D eigenvalue weighted by atomic mass is 16.5. The fourth-order valence-corrected chi connectivity index (χ4v) is 3.15. The predicted molar refractivity (Wildman–Crippen MR) is 82.3 cm³/mol. The quantitative estimate of drug-likeness (QED) is 0.878. The van der Waals surface area contributed by atoms with Crippen molar-refractivity contribution in [2.75, 3.05) is 20.0 Å². The van der Waals surface area contributed by atoms with Gasteiger partial charge in [-0.05, 0) is 25.3 Å². The fourth-order valence-electron chi connectivity index (χ4n) is 3.15. The molecule has 3 rings (SSSR count). The van der Waals surface area contributed by atoms with Crippen LogP contribution >= 0.6 is 0 Å². The van der Waals surface area contributed by atoms with Crippen LogP contribution < -0.4 is 10.5 Å². The van der Waals surface area contributed by atoms with Crippen LogP contribution in [0.5, 0.6) is 5.75 Å². The van der Waals surface area contributed by atoms with Gasteiger partial charge in [-0.1, -0.05) is 12.1 Å². The van der Waals surface area contributed by atoms with Gasteiger partial charge in [-0.2, -0.15) is 5.10 Å². The summed E-state index contributed by atoms with van der Waals surface area (Å²) in [5, 5.41) is 4.52. The number of hydrogen-bond acceptors (Lipinski definition) is 4. The zero-order valence-electron chi connectivity index (χ0n) is 12.5. The SMILES string of the molecule is COc1c(N)cccc1-c1cnn([C@@H]2CCC[C@H]2OC)c1. The van der Waals surface area contributed by atoms with Crippen molar-refractivity contribution in [3.8, 4) is 16.9 Å². The summed E-state index contributed by atoms with van der Waals surface area (Å²) in [7, 11) is 3.41. The molecule has 0 amide bonds. The number of nitrogens with two attached hydrogens (primary N) is 1. The van der Waals surface area contributed by atoms with E-state index < -0.39 is 0 Å². The van der Waals surface area contributed by atoms with E-state index in [0.29, 0.717) is 17.5 Å². The minimum Gasteiger partial charge on any atom is -0.494 e. The topological polar surface area (TPSA) is 62.3 Å². The Morgan fingerprint density at radius 1 is 1.29 bits per heavy atom. The molecule has 1 aromatic heterocycles. The van der Waals surface area contributed by atoms with Crippen LogP contribution in [0.25, 0.3) is 11.1 Å². The van der Waals surface area contributed by atoms with E-state index in [-0.39, 0.29) is 6.10 Å². The minimum absolute atomic E-state index is 0.250. The zero-order valence-corrected chi connectivity index (χ0v) is 12.5. The van der Waals surface area contributed by atoms with Gasteiger partial charge >= 0.3 is 0 Å². The van der Waals surface area contributed by atoms with Gasteiger partial charge in [-0.15, -0.1) is 0 Å². The van der Waals surface area contributed by atoms with Crippen LogP contribution in [-0.2, 0) is 4.74 Å². The number of ether oxygens (including phenoxy) is 2. The molecule has 0 radical (unpaired) electrons. The van der Waals surface area contributed by atoms with Crippen LogP contribution in [-0.4, -0.2) is 30.1 Å². The second kappa shape index (κ2) is 5.77. The van der Waals surface area contributed by atoms with Crippen molar-refractivity contribution < 1.29 is 9.47 Å². The second-order valence-electron chi connectivity index (χ2n) is 5.41. The Morgan fingerprint density at radius 3 is 2.90 bits per heavy atom. The molecule has 5 nitrogen and oxygen atoms in total. The summed E-state index contributed by atoms with van der Waals surface area (Å²) in [5.74, 6) is 0.701. The van der Waals surface area contributed by atoms with Gasteiger partial charge in [0.25, 0.3) is 0 Å². The van der Waals surface area contributed by atoms with E-state index in [9.17, 15) is 0 Å². The number of rotatable bonds is 4. The van der Waals surface area contributed by atoms with Crippen LogP contribution in [0, 0.1) is 0 Å². The molecular weight excluding hydrogens is 266 g/mol. The Labute approximate surface area is 124 Å². The van der Waals surface area contributed by atoms with Gasteiger partial charge in [0.15, 0.2) is 0 Å². The van der Waals surface area contributed by atoms with Crippen LogP contribution in [0.4, 0.5) is 5.69 Å². The van der Waals surface area contributed by atoms with Crippen LogP contribution in [0.3, 0.4) is 0 Å². The van der Waals surface area contributed by atoms with Crippen molar-refractivity contribution in [3.63, 3.8) is 0 Å². The maximum Gasteiger partial charge on any atom is 0.149 e. The van der Waals surface area contributed by atoms with Gasteiger partial charge in [-0.25, -0.2) is 0 Å². The molecule has 1 fully saturated rings.